The average molecular weight is 274 g/mol. The van der Waals surface area contributed by atoms with Gasteiger partial charge in [0.15, 0.2) is 0 Å². The van der Waals surface area contributed by atoms with Crippen LogP contribution in [0.3, 0.4) is 0 Å². The lowest BCUT2D eigenvalue weighted by Crippen LogP contribution is -2.05. The predicted octanol–water partition coefficient (Wildman–Crippen LogP) is 4.16. The summed E-state index contributed by atoms with van der Waals surface area (Å²) in [4.78, 5) is 0. The van der Waals surface area contributed by atoms with Gasteiger partial charge in [-0.25, -0.2) is 0 Å². The number of fused-ring (bicyclic) bond motifs is 1. The zero-order valence-corrected chi connectivity index (χ0v) is 10.4. The van der Waals surface area contributed by atoms with Gasteiger partial charge in [0, 0.05) is 4.47 Å². The molecule has 1 N–H and O–H groups in total. The van der Waals surface area contributed by atoms with Crippen LogP contribution in [0.5, 0.6) is 0 Å². The molecule has 0 saturated carbocycles. The molecule has 0 radical (unpaired) electrons. The molecule has 0 saturated heterocycles. The van der Waals surface area contributed by atoms with E-state index in [9.17, 15) is 0 Å². The van der Waals surface area contributed by atoms with Crippen molar-refractivity contribution in [2.75, 3.05) is 5.32 Å². The number of para-hydroxylation sites is 1. The van der Waals surface area contributed by atoms with Crippen molar-refractivity contribution in [1.82, 2.24) is 0 Å². The number of hydrogen-bond acceptors (Lipinski definition) is 1. The Morgan fingerprint density at radius 1 is 1.00 bits per heavy atom. The highest BCUT2D eigenvalue weighted by molar-refractivity contribution is 9.10. The van der Waals surface area contributed by atoms with Gasteiger partial charge in [-0.05, 0) is 39.5 Å². The van der Waals surface area contributed by atoms with Gasteiger partial charge in [-0.15, -0.1) is 0 Å². The maximum atomic E-state index is 3.58. The summed E-state index contributed by atoms with van der Waals surface area (Å²) >= 11 is 3.58. The van der Waals surface area contributed by atoms with E-state index in [4.69, 9.17) is 0 Å². The van der Waals surface area contributed by atoms with Crippen LogP contribution in [0.15, 0.2) is 53.0 Å². The Morgan fingerprint density at radius 3 is 2.56 bits per heavy atom. The van der Waals surface area contributed by atoms with Gasteiger partial charge in [-0.1, -0.05) is 42.5 Å². The number of halogens is 1. The van der Waals surface area contributed by atoms with E-state index in [2.05, 4.69) is 69.8 Å². The zero-order chi connectivity index (χ0) is 11.0. The molecule has 0 amide bonds. The topological polar surface area (TPSA) is 12.0 Å². The molecular formula is C14H12BrN. The van der Waals surface area contributed by atoms with Crippen molar-refractivity contribution >= 4 is 21.6 Å². The van der Waals surface area contributed by atoms with Crippen LogP contribution in [0.1, 0.15) is 17.2 Å². The van der Waals surface area contributed by atoms with Crippen molar-refractivity contribution in [2.45, 2.75) is 12.5 Å². The van der Waals surface area contributed by atoms with Crippen LogP contribution >= 0.6 is 15.9 Å². The third-order valence-electron chi connectivity index (χ3n) is 3.04. The van der Waals surface area contributed by atoms with Gasteiger partial charge >= 0.3 is 0 Å². The highest BCUT2D eigenvalue weighted by atomic mass is 79.9. The quantitative estimate of drug-likeness (QED) is 0.823. The van der Waals surface area contributed by atoms with Crippen molar-refractivity contribution in [1.29, 1.82) is 0 Å². The Balaban J connectivity index is 1.94. The summed E-state index contributed by atoms with van der Waals surface area (Å²) in [7, 11) is 0. The number of anilines is 1. The molecule has 1 aliphatic rings. The smallest absolute Gasteiger partial charge is 0.0555 e. The molecule has 0 fully saturated rings. The fourth-order valence-corrected chi connectivity index (χ4v) is 2.75. The van der Waals surface area contributed by atoms with Gasteiger partial charge < -0.3 is 5.32 Å². The highest BCUT2D eigenvalue weighted by Gasteiger charge is 2.22. The van der Waals surface area contributed by atoms with Crippen molar-refractivity contribution in [3.63, 3.8) is 0 Å². The Kier molecular flexibility index (Phi) is 2.44. The molecule has 1 atom stereocenters. The monoisotopic (exact) mass is 273 g/mol. The van der Waals surface area contributed by atoms with Crippen LogP contribution < -0.4 is 5.32 Å². The summed E-state index contributed by atoms with van der Waals surface area (Å²) in [5.41, 5.74) is 3.99. The van der Waals surface area contributed by atoms with E-state index in [1.165, 1.54) is 16.8 Å². The molecule has 16 heavy (non-hydrogen) atoms. The molecule has 2 aromatic carbocycles. The molecular weight excluding hydrogens is 262 g/mol. The summed E-state index contributed by atoms with van der Waals surface area (Å²) in [6, 6.07) is 17.4. The molecule has 0 aromatic heterocycles. The largest absolute Gasteiger partial charge is 0.377 e. The standard InChI is InChI=1S/C14H12BrN/c15-12-8-4-7-11-9-13(16-14(11)12)10-5-2-1-3-6-10/h1-8,13,16H,9H2. The molecule has 80 valence electrons. The van der Waals surface area contributed by atoms with Gasteiger partial charge in [-0.3, -0.25) is 0 Å². The lowest BCUT2D eigenvalue weighted by molar-refractivity contribution is 0.824. The lowest BCUT2D eigenvalue weighted by atomic mass is 10.0. The Hall–Kier alpha value is -1.28. The third-order valence-corrected chi connectivity index (χ3v) is 3.71. The molecule has 1 heterocycles. The van der Waals surface area contributed by atoms with Gasteiger partial charge in [0.25, 0.3) is 0 Å². The molecule has 2 aromatic rings. The van der Waals surface area contributed by atoms with Crippen LogP contribution in [-0.4, -0.2) is 0 Å². The second-order valence-corrected chi connectivity index (χ2v) is 4.94. The van der Waals surface area contributed by atoms with E-state index in [0.717, 1.165) is 10.9 Å². The highest BCUT2D eigenvalue weighted by Crippen LogP contribution is 2.38. The molecule has 1 nitrogen and oxygen atoms in total. The van der Waals surface area contributed by atoms with Crippen LogP contribution in [0, 0.1) is 0 Å². The van der Waals surface area contributed by atoms with Crippen molar-refractivity contribution in [3.05, 3.63) is 64.1 Å². The summed E-state index contributed by atoms with van der Waals surface area (Å²) in [6.07, 6.45) is 1.07. The van der Waals surface area contributed by atoms with Crippen LogP contribution in [0.4, 0.5) is 5.69 Å². The normalized spacial score (nSPS) is 17.9. The van der Waals surface area contributed by atoms with Gasteiger partial charge in [0.1, 0.15) is 0 Å². The van der Waals surface area contributed by atoms with Crippen molar-refractivity contribution < 1.29 is 0 Å². The second-order valence-electron chi connectivity index (χ2n) is 4.09. The maximum Gasteiger partial charge on any atom is 0.0555 e. The van der Waals surface area contributed by atoms with E-state index >= 15 is 0 Å². The minimum absolute atomic E-state index is 0.412. The predicted molar refractivity (Wildman–Crippen MR) is 70.7 cm³/mol. The first-order valence-corrected chi connectivity index (χ1v) is 6.23. The Labute approximate surface area is 104 Å². The fraction of sp³-hybridized carbons (Fsp3) is 0.143. The molecule has 0 bridgehead atoms. The van der Waals surface area contributed by atoms with Crippen LogP contribution in [0.25, 0.3) is 0 Å². The van der Waals surface area contributed by atoms with E-state index in [-0.39, 0.29) is 0 Å². The molecule has 3 rings (SSSR count). The summed E-state index contributed by atoms with van der Waals surface area (Å²) in [5.74, 6) is 0. The second kappa shape index (κ2) is 3.95. The first kappa shape index (κ1) is 9.91. The van der Waals surface area contributed by atoms with E-state index in [1.807, 2.05) is 0 Å². The average Bonchev–Trinajstić information content (AvgIpc) is 2.76. The zero-order valence-electron chi connectivity index (χ0n) is 8.78. The number of nitrogens with one attached hydrogen (secondary N) is 1. The fourth-order valence-electron chi connectivity index (χ4n) is 2.23. The third kappa shape index (κ3) is 1.63. The minimum Gasteiger partial charge on any atom is -0.377 e. The summed E-state index contributed by atoms with van der Waals surface area (Å²) in [5, 5.41) is 3.57. The number of rotatable bonds is 1. The van der Waals surface area contributed by atoms with Gasteiger partial charge in [-0.2, -0.15) is 0 Å². The molecule has 2 heteroatoms. The van der Waals surface area contributed by atoms with E-state index in [0.29, 0.717) is 6.04 Å². The first-order chi connectivity index (χ1) is 7.84. The van der Waals surface area contributed by atoms with Gasteiger partial charge in [0.05, 0.1) is 11.7 Å². The number of hydrogen-bond donors (Lipinski definition) is 1. The SMILES string of the molecule is Brc1cccc2c1NC(c1ccccc1)C2. The summed E-state index contributed by atoms with van der Waals surface area (Å²) < 4.78 is 1.16. The van der Waals surface area contributed by atoms with Crippen LogP contribution in [-0.2, 0) is 6.42 Å². The summed E-state index contributed by atoms with van der Waals surface area (Å²) in [6.45, 7) is 0. The number of benzene rings is 2. The Bertz CT molecular complexity index is 507. The molecule has 1 unspecified atom stereocenters. The van der Waals surface area contributed by atoms with Crippen molar-refractivity contribution in [2.24, 2.45) is 0 Å². The van der Waals surface area contributed by atoms with E-state index in [1.54, 1.807) is 0 Å². The van der Waals surface area contributed by atoms with Crippen LogP contribution in [0.2, 0.25) is 0 Å². The van der Waals surface area contributed by atoms with Gasteiger partial charge in [0.2, 0.25) is 0 Å². The maximum absolute atomic E-state index is 3.58. The lowest BCUT2D eigenvalue weighted by Gasteiger charge is -2.11. The van der Waals surface area contributed by atoms with Crippen molar-refractivity contribution in [3.8, 4) is 0 Å². The Morgan fingerprint density at radius 2 is 1.81 bits per heavy atom. The van der Waals surface area contributed by atoms with E-state index < -0.39 is 0 Å². The molecule has 0 spiro atoms. The first-order valence-electron chi connectivity index (χ1n) is 5.43. The minimum atomic E-state index is 0.412. The molecule has 0 aliphatic carbocycles. The molecule has 1 aliphatic heterocycles.